The summed E-state index contributed by atoms with van der Waals surface area (Å²) in [6.07, 6.45) is 3.13. The standard InChI is InChI=1S/C16H24N2O/c1-3-8-18(9-10-19-2)13-14-11-15-6-4-5-7-16(15)17-12-14/h3-7,14,17H,1,8-13H2,2H3. The molecule has 0 spiro atoms. The number of nitrogens with one attached hydrogen (secondary N) is 1. The van der Waals surface area contributed by atoms with E-state index in [1.54, 1.807) is 7.11 Å². The molecule has 1 heterocycles. The first-order valence-electron chi connectivity index (χ1n) is 6.97. The summed E-state index contributed by atoms with van der Waals surface area (Å²) in [7, 11) is 1.75. The number of ether oxygens (including phenoxy) is 1. The predicted molar refractivity (Wildman–Crippen MR) is 80.6 cm³/mol. The van der Waals surface area contributed by atoms with Crippen molar-refractivity contribution in [2.75, 3.05) is 45.2 Å². The Kier molecular flexibility index (Phi) is 5.43. The van der Waals surface area contributed by atoms with Gasteiger partial charge in [0.15, 0.2) is 0 Å². The molecule has 0 radical (unpaired) electrons. The molecule has 3 nitrogen and oxygen atoms in total. The maximum Gasteiger partial charge on any atom is 0.0589 e. The second-order valence-electron chi connectivity index (χ2n) is 5.15. The molecule has 1 unspecified atom stereocenters. The van der Waals surface area contributed by atoms with Crippen LogP contribution < -0.4 is 5.32 Å². The van der Waals surface area contributed by atoms with Crippen molar-refractivity contribution in [2.45, 2.75) is 6.42 Å². The number of para-hydroxylation sites is 1. The fourth-order valence-electron chi connectivity index (χ4n) is 2.66. The number of rotatable bonds is 7. The highest BCUT2D eigenvalue weighted by Crippen LogP contribution is 2.24. The molecule has 1 N–H and O–H groups in total. The van der Waals surface area contributed by atoms with Crippen molar-refractivity contribution in [1.29, 1.82) is 0 Å². The summed E-state index contributed by atoms with van der Waals surface area (Å²) in [6.45, 7) is 8.67. The molecular formula is C16H24N2O. The van der Waals surface area contributed by atoms with E-state index >= 15 is 0 Å². The molecule has 0 aromatic heterocycles. The third kappa shape index (κ3) is 4.08. The van der Waals surface area contributed by atoms with Crippen LogP contribution in [0.15, 0.2) is 36.9 Å². The van der Waals surface area contributed by atoms with Crippen LogP contribution in [0.3, 0.4) is 0 Å². The average Bonchev–Trinajstić information content (AvgIpc) is 2.45. The molecule has 2 rings (SSSR count). The van der Waals surface area contributed by atoms with Crippen molar-refractivity contribution in [1.82, 2.24) is 4.90 Å². The fourth-order valence-corrected chi connectivity index (χ4v) is 2.66. The number of hydrogen-bond donors (Lipinski definition) is 1. The molecule has 0 bridgehead atoms. The first-order chi connectivity index (χ1) is 9.33. The Morgan fingerprint density at radius 3 is 3.11 bits per heavy atom. The van der Waals surface area contributed by atoms with Crippen LogP contribution in [0, 0.1) is 5.92 Å². The molecule has 1 aromatic carbocycles. The minimum atomic E-state index is 0.659. The third-order valence-corrected chi connectivity index (χ3v) is 3.62. The molecular weight excluding hydrogens is 236 g/mol. The first kappa shape index (κ1) is 14.1. The average molecular weight is 260 g/mol. The number of methoxy groups -OCH3 is 1. The maximum atomic E-state index is 5.17. The SMILES string of the molecule is C=CCN(CCOC)CC1CNc2ccccc2C1. The summed E-state index contributed by atoms with van der Waals surface area (Å²) < 4.78 is 5.17. The summed E-state index contributed by atoms with van der Waals surface area (Å²) in [5.74, 6) is 0.659. The summed E-state index contributed by atoms with van der Waals surface area (Å²) in [6, 6.07) is 8.60. The minimum absolute atomic E-state index is 0.659. The van der Waals surface area contributed by atoms with Crippen LogP contribution >= 0.6 is 0 Å². The van der Waals surface area contributed by atoms with Gasteiger partial charge in [-0.15, -0.1) is 6.58 Å². The molecule has 0 amide bonds. The van der Waals surface area contributed by atoms with Gasteiger partial charge in [-0.25, -0.2) is 0 Å². The second kappa shape index (κ2) is 7.31. The van der Waals surface area contributed by atoms with Crippen LogP contribution in [-0.2, 0) is 11.2 Å². The summed E-state index contributed by atoms with van der Waals surface area (Å²) in [5, 5.41) is 3.53. The van der Waals surface area contributed by atoms with E-state index in [1.165, 1.54) is 11.3 Å². The Bertz CT molecular complexity index is 405. The number of nitrogens with zero attached hydrogens (tertiary/aromatic N) is 1. The molecule has 104 valence electrons. The Morgan fingerprint density at radius 1 is 1.47 bits per heavy atom. The lowest BCUT2D eigenvalue weighted by Crippen LogP contribution is -2.37. The summed E-state index contributed by atoms with van der Waals surface area (Å²) in [5.41, 5.74) is 2.73. The Labute approximate surface area is 116 Å². The Morgan fingerprint density at radius 2 is 2.32 bits per heavy atom. The van der Waals surface area contributed by atoms with E-state index in [4.69, 9.17) is 4.74 Å². The lowest BCUT2D eigenvalue weighted by Gasteiger charge is -2.31. The van der Waals surface area contributed by atoms with Gasteiger partial charge in [-0.1, -0.05) is 24.3 Å². The van der Waals surface area contributed by atoms with Gasteiger partial charge in [0, 0.05) is 39.0 Å². The van der Waals surface area contributed by atoms with Gasteiger partial charge in [-0.3, -0.25) is 4.90 Å². The zero-order valence-electron chi connectivity index (χ0n) is 11.8. The molecule has 3 heteroatoms. The van der Waals surface area contributed by atoms with Crippen LogP contribution in [0.4, 0.5) is 5.69 Å². The number of hydrogen-bond acceptors (Lipinski definition) is 3. The first-order valence-corrected chi connectivity index (χ1v) is 6.97. The maximum absolute atomic E-state index is 5.17. The largest absolute Gasteiger partial charge is 0.384 e. The highest BCUT2D eigenvalue weighted by molar-refractivity contribution is 5.53. The van der Waals surface area contributed by atoms with Gasteiger partial charge in [0.2, 0.25) is 0 Å². The zero-order chi connectivity index (χ0) is 13.5. The zero-order valence-corrected chi connectivity index (χ0v) is 11.8. The van der Waals surface area contributed by atoms with Crippen molar-refractivity contribution < 1.29 is 4.74 Å². The quantitative estimate of drug-likeness (QED) is 0.762. The molecule has 1 aliphatic rings. The molecule has 1 aliphatic heterocycles. The Hall–Kier alpha value is -1.32. The normalized spacial score (nSPS) is 17.9. The van der Waals surface area contributed by atoms with Crippen LogP contribution in [0.2, 0.25) is 0 Å². The smallest absolute Gasteiger partial charge is 0.0589 e. The molecule has 19 heavy (non-hydrogen) atoms. The second-order valence-corrected chi connectivity index (χ2v) is 5.15. The van der Waals surface area contributed by atoms with Gasteiger partial charge in [-0.05, 0) is 24.0 Å². The van der Waals surface area contributed by atoms with E-state index in [2.05, 4.69) is 41.1 Å². The van der Waals surface area contributed by atoms with Crippen molar-refractivity contribution in [2.24, 2.45) is 5.92 Å². The van der Waals surface area contributed by atoms with Crippen molar-refractivity contribution in [3.8, 4) is 0 Å². The highest BCUT2D eigenvalue weighted by atomic mass is 16.5. The number of anilines is 1. The molecule has 0 saturated heterocycles. The van der Waals surface area contributed by atoms with Crippen LogP contribution in [0.5, 0.6) is 0 Å². The van der Waals surface area contributed by atoms with E-state index in [-0.39, 0.29) is 0 Å². The number of fused-ring (bicyclic) bond motifs is 1. The molecule has 1 aromatic rings. The molecule has 1 atom stereocenters. The Balaban J connectivity index is 1.90. The number of benzene rings is 1. The topological polar surface area (TPSA) is 24.5 Å². The molecule has 0 fully saturated rings. The molecule has 0 aliphatic carbocycles. The lowest BCUT2D eigenvalue weighted by molar-refractivity contribution is 0.144. The van der Waals surface area contributed by atoms with Crippen LogP contribution in [0.1, 0.15) is 5.56 Å². The third-order valence-electron chi connectivity index (χ3n) is 3.62. The van der Waals surface area contributed by atoms with Crippen molar-refractivity contribution in [3.63, 3.8) is 0 Å². The fraction of sp³-hybridized carbons (Fsp3) is 0.500. The van der Waals surface area contributed by atoms with E-state index < -0.39 is 0 Å². The minimum Gasteiger partial charge on any atom is -0.384 e. The summed E-state index contributed by atoms with van der Waals surface area (Å²) in [4.78, 5) is 2.41. The predicted octanol–water partition coefficient (Wildman–Crippen LogP) is 2.41. The van der Waals surface area contributed by atoms with Gasteiger partial charge in [0.1, 0.15) is 0 Å². The summed E-state index contributed by atoms with van der Waals surface area (Å²) >= 11 is 0. The van der Waals surface area contributed by atoms with E-state index in [1.807, 2.05) is 6.08 Å². The highest BCUT2D eigenvalue weighted by Gasteiger charge is 2.19. The van der Waals surface area contributed by atoms with Crippen LogP contribution in [-0.4, -0.2) is 44.8 Å². The van der Waals surface area contributed by atoms with Gasteiger partial charge in [0.05, 0.1) is 6.61 Å². The van der Waals surface area contributed by atoms with Gasteiger partial charge >= 0.3 is 0 Å². The van der Waals surface area contributed by atoms with Gasteiger partial charge in [0.25, 0.3) is 0 Å². The monoisotopic (exact) mass is 260 g/mol. The van der Waals surface area contributed by atoms with Crippen LogP contribution in [0.25, 0.3) is 0 Å². The van der Waals surface area contributed by atoms with E-state index in [9.17, 15) is 0 Å². The van der Waals surface area contributed by atoms with E-state index in [0.29, 0.717) is 5.92 Å². The van der Waals surface area contributed by atoms with Crippen molar-refractivity contribution in [3.05, 3.63) is 42.5 Å². The molecule has 0 saturated carbocycles. The van der Waals surface area contributed by atoms with E-state index in [0.717, 1.165) is 39.2 Å². The van der Waals surface area contributed by atoms with Gasteiger partial charge < -0.3 is 10.1 Å². The van der Waals surface area contributed by atoms with Gasteiger partial charge in [-0.2, -0.15) is 0 Å². The lowest BCUT2D eigenvalue weighted by atomic mass is 9.93. The van der Waals surface area contributed by atoms with Crippen molar-refractivity contribution >= 4 is 5.69 Å².